The number of piperidine rings is 1. The van der Waals surface area contributed by atoms with Crippen LogP contribution in [0.4, 0.5) is 15.8 Å². The highest BCUT2D eigenvalue weighted by Gasteiger charge is 2.31. The second kappa shape index (κ2) is 9.16. The number of hydrogen-bond acceptors (Lipinski definition) is 5. The first-order valence-electron chi connectivity index (χ1n) is 11.4. The van der Waals surface area contributed by atoms with Crippen LogP contribution in [0.25, 0.3) is 0 Å². The SMILES string of the molecule is CN1CCN(c2ccc(F)cc2C[C@H]2CCCN(c3ccc(C(C)(C)O)nc3)C2=O)CC1. The summed E-state index contributed by atoms with van der Waals surface area (Å²) in [6.07, 6.45) is 3.88. The van der Waals surface area contributed by atoms with Crippen molar-refractivity contribution in [3.8, 4) is 0 Å². The minimum atomic E-state index is -1.02. The zero-order chi connectivity index (χ0) is 22.9. The van der Waals surface area contributed by atoms with Crippen LogP contribution in [-0.4, -0.2) is 60.7 Å². The van der Waals surface area contributed by atoms with E-state index in [1.807, 2.05) is 12.1 Å². The summed E-state index contributed by atoms with van der Waals surface area (Å²) in [4.78, 5) is 24.1. The molecule has 1 N–H and O–H groups in total. The number of pyridine rings is 1. The van der Waals surface area contributed by atoms with Gasteiger partial charge in [-0.15, -0.1) is 0 Å². The number of rotatable bonds is 5. The molecule has 0 aliphatic carbocycles. The maximum absolute atomic E-state index is 14.2. The van der Waals surface area contributed by atoms with Crippen LogP contribution >= 0.6 is 0 Å². The molecule has 2 aliphatic heterocycles. The molecule has 32 heavy (non-hydrogen) atoms. The van der Waals surface area contributed by atoms with Crippen LogP contribution in [0.5, 0.6) is 0 Å². The van der Waals surface area contributed by atoms with Gasteiger partial charge in [0, 0.05) is 44.3 Å². The van der Waals surface area contributed by atoms with Crippen LogP contribution in [0.15, 0.2) is 36.5 Å². The van der Waals surface area contributed by atoms with E-state index in [1.54, 1.807) is 37.1 Å². The molecular weight excluding hydrogens is 407 g/mol. The maximum Gasteiger partial charge on any atom is 0.230 e. The molecule has 0 bridgehead atoms. The monoisotopic (exact) mass is 440 g/mol. The van der Waals surface area contributed by atoms with Gasteiger partial charge in [0.25, 0.3) is 0 Å². The lowest BCUT2D eigenvalue weighted by atomic mass is 9.89. The maximum atomic E-state index is 14.2. The highest BCUT2D eigenvalue weighted by atomic mass is 19.1. The predicted molar refractivity (Wildman–Crippen MR) is 124 cm³/mol. The Hall–Kier alpha value is -2.51. The number of aliphatic hydroxyl groups is 1. The first-order chi connectivity index (χ1) is 15.2. The van der Waals surface area contributed by atoms with E-state index in [0.29, 0.717) is 18.7 Å². The molecule has 0 unspecified atom stereocenters. The molecule has 6 nitrogen and oxygen atoms in total. The van der Waals surface area contributed by atoms with Gasteiger partial charge in [-0.1, -0.05) is 0 Å². The highest BCUT2D eigenvalue weighted by molar-refractivity contribution is 5.95. The number of carbonyl (C=O) groups is 1. The lowest BCUT2D eigenvalue weighted by Gasteiger charge is -2.36. The van der Waals surface area contributed by atoms with Gasteiger partial charge in [-0.3, -0.25) is 9.78 Å². The number of halogens is 1. The quantitative estimate of drug-likeness (QED) is 0.774. The fourth-order valence-corrected chi connectivity index (χ4v) is 4.64. The molecule has 1 aromatic heterocycles. The fourth-order valence-electron chi connectivity index (χ4n) is 4.64. The van der Waals surface area contributed by atoms with Crippen LogP contribution < -0.4 is 9.80 Å². The largest absolute Gasteiger partial charge is 0.384 e. The van der Waals surface area contributed by atoms with Crippen LogP contribution in [0, 0.1) is 11.7 Å². The molecule has 2 aromatic rings. The van der Waals surface area contributed by atoms with E-state index in [4.69, 9.17) is 0 Å². The van der Waals surface area contributed by atoms with Gasteiger partial charge in [0.1, 0.15) is 11.4 Å². The van der Waals surface area contributed by atoms with Crippen molar-refractivity contribution in [2.24, 2.45) is 5.92 Å². The Balaban J connectivity index is 1.52. The number of hydrogen-bond donors (Lipinski definition) is 1. The molecule has 1 aromatic carbocycles. The third-order valence-corrected chi connectivity index (χ3v) is 6.59. The van der Waals surface area contributed by atoms with E-state index in [9.17, 15) is 14.3 Å². The number of anilines is 2. The van der Waals surface area contributed by atoms with Gasteiger partial charge in [0.15, 0.2) is 0 Å². The lowest BCUT2D eigenvalue weighted by molar-refractivity contribution is -0.123. The minimum absolute atomic E-state index is 0.0580. The van der Waals surface area contributed by atoms with Crippen molar-refractivity contribution < 1.29 is 14.3 Å². The van der Waals surface area contributed by atoms with Gasteiger partial charge >= 0.3 is 0 Å². The average Bonchev–Trinajstić information content (AvgIpc) is 2.76. The Bertz CT molecular complexity index is 949. The number of aromatic nitrogens is 1. The molecular formula is C25H33FN4O2. The smallest absolute Gasteiger partial charge is 0.230 e. The first kappa shape index (κ1) is 22.7. The average molecular weight is 441 g/mol. The van der Waals surface area contributed by atoms with Gasteiger partial charge in [0.05, 0.1) is 17.6 Å². The Morgan fingerprint density at radius 1 is 1.12 bits per heavy atom. The fraction of sp³-hybridized carbons (Fsp3) is 0.520. The van der Waals surface area contributed by atoms with Crippen molar-refractivity contribution >= 4 is 17.3 Å². The van der Waals surface area contributed by atoms with Crippen molar-refractivity contribution in [1.29, 1.82) is 0 Å². The molecule has 4 rings (SSSR count). The normalized spacial score (nSPS) is 20.7. The predicted octanol–water partition coefficient (Wildman–Crippen LogP) is 3.19. The molecule has 0 saturated carbocycles. The molecule has 2 saturated heterocycles. The van der Waals surface area contributed by atoms with Gasteiger partial charge in [0.2, 0.25) is 5.91 Å². The minimum Gasteiger partial charge on any atom is -0.384 e. The van der Waals surface area contributed by atoms with Crippen molar-refractivity contribution in [3.63, 3.8) is 0 Å². The molecule has 1 amide bonds. The second-order valence-corrected chi connectivity index (χ2v) is 9.56. The first-order valence-corrected chi connectivity index (χ1v) is 11.4. The van der Waals surface area contributed by atoms with E-state index in [0.717, 1.165) is 56.0 Å². The van der Waals surface area contributed by atoms with Gasteiger partial charge < -0.3 is 19.8 Å². The van der Waals surface area contributed by atoms with Gasteiger partial charge in [-0.25, -0.2) is 4.39 Å². The van der Waals surface area contributed by atoms with Crippen LogP contribution in [-0.2, 0) is 16.8 Å². The molecule has 1 atom stereocenters. The molecule has 0 spiro atoms. The summed E-state index contributed by atoms with van der Waals surface area (Å²) in [7, 11) is 2.11. The van der Waals surface area contributed by atoms with Crippen LogP contribution in [0.1, 0.15) is 37.9 Å². The summed E-state index contributed by atoms with van der Waals surface area (Å²) in [6, 6.07) is 8.59. The number of nitrogens with zero attached hydrogens (tertiary/aromatic N) is 4. The molecule has 2 aliphatic rings. The number of amides is 1. The van der Waals surface area contributed by atoms with Crippen LogP contribution in [0.3, 0.4) is 0 Å². The van der Waals surface area contributed by atoms with Crippen molar-refractivity contribution in [2.75, 3.05) is 49.6 Å². The molecule has 7 heteroatoms. The zero-order valence-electron chi connectivity index (χ0n) is 19.2. The van der Waals surface area contributed by atoms with Gasteiger partial charge in [-0.05, 0) is 76.1 Å². The Morgan fingerprint density at radius 2 is 1.88 bits per heavy atom. The molecule has 3 heterocycles. The van der Waals surface area contributed by atoms with E-state index in [1.165, 1.54) is 6.07 Å². The molecule has 172 valence electrons. The summed E-state index contributed by atoms with van der Waals surface area (Å²) >= 11 is 0. The van der Waals surface area contributed by atoms with Gasteiger partial charge in [-0.2, -0.15) is 0 Å². The van der Waals surface area contributed by atoms with E-state index < -0.39 is 5.60 Å². The third-order valence-electron chi connectivity index (χ3n) is 6.59. The number of likely N-dealkylation sites (N-methyl/N-ethyl adjacent to an activating group) is 1. The summed E-state index contributed by atoms with van der Waals surface area (Å²) in [5.41, 5.74) is 2.24. The van der Waals surface area contributed by atoms with Crippen molar-refractivity contribution in [1.82, 2.24) is 9.88 Å². The van der Waals surface area contributed by atoms with E-state index in [2.05, 4.69) is 21.8 Å². The molecule has 2 fully saturated rings. The Morgan fingerprint density at radius 3 is 2.53 bits per heavy atom. The Labute approximate surface area is 189 Å². The summed E-state index contributed by atoms with van der Waals surface area (Å²) < 4.78 is 14.2. The number of carbonyl (C=O) groups excluding carboxylic acids is 1. The summed E-state index contributed by atoms with van der Waals surface area (Å²) in [5, 5.41) is 10.1. The Kier molecular flexibility index (Phi) is 6.49. The van der Waals surface area contributed by atoms with Crippen molar-refractivity contribution in [3.05, 3.63) is 53.6 Å². The summed E-state index contributed by atoms with van der Waals surface area (Å²) in [5.74, 6) is -0.391. The number of piperazine rings is 1. The van der Waals surface area contributed by atoms with E-state index in [-0.39, 0.29) is 17.6 Å². The standard InChI is InChI=1S/C25H33FN4O2/c1-25(2,32)23-9-7-21(17-27-23)30-10-4-5-18(24(30)31)15-19-16-20(26)6-8-22(19)29-13-11-28(3)12-14-29/h6-9,16-18,32H,4-5,10-15H2,1-3H3/t18-/m1/s1. The number of benzene rings is 1. The summed E-state index contributed by atoms with van der Waals surface area (Å²) in [6.45, 7) is 7.77. The molecule has 0 radical (unpaired) electrons. The topological polar surface area (TPSA) is 59.9 Å². The highest BCUT2D eigenvalue weighted by Crippen LogP contribution is 2.31. The second-order valence-electron chi connectivity index (χ2n) is 9.56. The zero-order valence-corrected chi connectivity index (χ0v) is 19.2. The lowest BCUT2D eigenvalue weighted by Crippen LogP contribution is -2.45. The van der Waals surface area contributed by atoms with Crippen molar-refractivity contribution in [2.45, 2.75) is 38.7 Å². The third kappa shape index (κ3) is 4.94. The van der Waals surface area contributed by atoms with E-state index >= 15 is 0 Å². The van der Waals surface area contributed by atoms with Crippen LogP contribution in [0.2, 0.25) is 0 Å².